The number of amides is 1. The fourth-order valence-electron chi connectivity index (χ4n) is 3.92. The third kappa shape index (κ3) is 7.00. The number of likely N-dealkylation sites (tertiary alicyclic amines) is 1. The zero-order valence-corrected chi connectivity index (χ0v) is 18.4. The molecule has 1 N–H and O–H groups in total. The van der Waals surface area contributed by atoms with Gasteiger partial charge in [-0.15, -0.1) is 0 Å². The van der Waals surface area contributed by atoms with Crippen molar-refractivity contribution in [1.29, 1.82) is 0 Å². The Hall–Kier alpha value is -2.99. The number of rotatable bonds is 6. The molecule has 34 heavy (non-hydrogen) atoms. The number of nitrogens with zero attached hydrogens (tertiary/aromatic N) is 4. The van der Waals surface area contributed by atoms with E-state index in [1.54, 1.807) is 12.3 Å². The molecule has 8 nitrogen and oxygen atoms in total. The summed E-state index contributed by atoms with van der Waals surface area (Å²) in [6.07, 6.45) is -1.14. The summed E-state index contributed by atoms with van der Waals surface area (Å²) in [7, 11) is 0. The Morgan fingerprint density at radius 2 is 1.82 bits per heavy atom. The van der Waals surface area contributed by atoms with Crippen LogP contribution in [0.3, 0.4) is 0 Å². The molecule has 4 rings (SSSR count). The normalized spacial score (nSPS) is 18.2. The SMILES string of the molecule is O=C(COCC1CN(Cc2ccccc2F)Cc2ccnn21)N1CCCC1.O=C(O)C(F)(F)F. The molecule has 186 valence electrons. The largest absolute Gasteiger partial charge is 0.490 e. The van der Waals surface area contributed by atoms with Crippen LogP contribution in [-0.2, 0) is 27.4 Å². The maximum absolute atomic E-state index is 14.0. The summed E-state index contributed by atoms with van der Waals surface area (Å²) in [6.45, 7) is 4.18. The minimum absolute atomic E-state index is 0.0156. The van der Waals surface area contributed by atoms with Crippen molar-refractivity contribution in [1.82, 2.24) is 19.6 Å². The summed E-state index contributed by atoms with van der Waals surface area (Å²) in [5.41, 5.74) is 1.77. The fraction of sp³-hybridized carbons (Fsp3) is 0.500. The first kappa shape index (κ1) is 25.6. The quantitative estimate of drug-likeness (QED) is 0.632. The molecule has 12 heteroatoms. The predicted molar refractivity (Wildman–Crippen MR) is 112 cm³/mol. The Labute approximate surface area is 193 Å². The molecule has 0 radical (unpaired) electrons. The highest BCUT2D eigenvalue weighted by Crippen LogP contribution is 2.23. The van der Waals surface area contributed by atoms with E-state index in [0.29, 0.717) is 25.3 Å². The molecule has 1 fully saturated rings. The molecule has 1 aromatic carbocycles. The third-order valence-electron chi connectivity index (χ3n) is 5.54. The number of halogens is 4. The van der Waals surface area contributed by atoms with Gasteiger partial charge in [0.1, 0.15) is 12.4 Å². The molecule has 2 aromatic rings. The number of carbonyl (C=O) groups excluding carboxylic acids is 1. The van der Waals surface area contributed by atoms with Crippen LogP contribution in [0, 0.1) is 5.82 Å². The van der Waals surface area contributed by atoms with Gasteiger partial charge in [-0.25, -0.2) is 9.18 Å². The second-order valence-electron chi connectivity index (χ2n) is 8.09. The Morgan fingerprint density at radius 1 is 1.15 bits per heavy atom. The molecule has 1 amide bonds. The number of fused-ring (bicyclic) bond motifs is 1. The topological polar surface area (TPSA) is 87.9 Å². The van der Waals surface area contributed by atoms with Crippen molar-refractivity contribution in [2.75, 3.05) is 32.8 Å². The van der Waals surface area contributed by atoms with Gasteiger partial charge in [-0.1, -0.05) is 18.2 Å². The molecule has 1 saturated heterocycles. The molecule has 2 aliphatic heterocycles. The van der Waals surface area contributed by atoms with Crippen molar-refractivity contribution in [2.45, 2.75) is 38.1 Å². The summed E-state index contributed by atoms with van der Waals surface area (Å²) in [6, 6.07) is 8.88. The van der Waals surface area contributed by atoms with E-state index in [4.69, 9.17) is 14.6 Å². The van der Waals surface area contributed by atoms with E-state index < -0.39 is 12.1 Å². The minimum atomic E-state index is -5.08. The van der Waals surface area contributed by atoms with Crippen molar-refractivity contribution in [3.8, 4) is 0 Å². The molecule has 1 aromatic heterocycles. The molecule has 3 heterocycles. The highest BCUT2D eigenvalue weighted by molar-refractivity contribution is 5.77. The number of carbonyl (C=O) groups is 2. The van der Waals surface area contributed by atoms with Gasteiger partial charge in [-0.2, -0.15) is 18.3 Å². The first-order valence-corrected chi connectivity index (χ1v) is 10.8. The predicted octanol–water partition coefficient (Wildman–Crippen LogP) is 2.85. The van der Waals surface area contributed by atoms with Crippen LogP contribution in [-0.4, -0.2) is 75.6 Å². The third-order valence-corrected chi connectivity index (χ3v) is 5.54. The number of carboxylic acids is 1. The van der Waals surface area contributed by atoms with Crippen molar-refractivity contribution >= 4 is 11.9 Å². The monoisotopic (exact) mass is 486 g/mol. The van der Waals surface area contributed by atoms with E-state index in [1.807, 2.05) is 27.8 Å². The number of carboxylic acid groups (broad SMARTS) is 1. The minimum Gasteiger partial charge on any atom is -0.475 e. The Bertz CT molecular complexity index is 976. The van der Waals surface area contributed by atoms with Crippen LogP contribution in [0.25, 0.3) is 0 Å². The Morgan fingerprint density at radius 3 is 2.47 bits per heavy atom. The first-order valence-electron chi connectivity index (χ1n) is 10.8. The Balaban J connectivity index is 0.000000406. The lowest BCUT2D eigenvalue weighted by molar-refractivity contribution is -0.192. The van der Waals surface area contributed by atoms with Gasteiger partial charge in [0.2, 0.25) is 5.91 Å². The summed E-state index contributed by atoms with van der Waals surface area (Å²) >= 11 is 0. The summed E-state index contributed by atoms with van der Waals surface area (Å²) < 4.78 is 53.5. The van der Waals surface area contributed by atoms with Crippen LogP contribution < -0.4 is 0 Å². The molecular formula is C22H26F4N4O4. The second kappa shape index (κ2) is 11.4. The van der Waals surface area contributed by atoms with Gasteiger partial charge in [0.15, 0.2) is 0 Å². The van der Waals surface area contributed by atoms with Crippen LogP contribution in [0.15, 0.2) is 36.5 Å². The number of hydrogen-bond acceptors (Lipinski definition) is 5. The lowest BCUT2D eigenvalue weighted by atomic mass is 10.1. The van der Waals surface area contributed by atoms with Crippen LogP contribution in [0.4, 0.5) is 17.6 Å². The summed E-state index contributed by atoms with van der Waals surface area (Å²) in [4.78, 5) is 25.1. The van der Waals surface area contributed by atoms with E-state index >= 15 is 0 Å². The molecule has 2 aliphatic rings. The maximum atomic E-state index is 14.0. The summed E-state index contributed by atoms with van der Waals surface area (Å²) in [5, 5.41) is 11.5. The standard InChI is InChI=1S/C20H25FN4O2.C2HF3O2/c21-19-6-2-1-5-16(19)11-23-12-17-7-8-22-25(17)18(13-23)14-27-15-20(26)24-9-3-4-10-24;3-2(4,5)1(6)7/h1-2,5-8,18H,3-4,9-15H2;(H,6,7). The van der Waals surface area contributed by atoms with Gasteiger partial charge in [0.25, 0.3) is 0 Å². The van der Waals surface area contributed by atoms with E-state index in [2.05, 4.69) is 10.00 Å². The number of aliphatic carboxylic acids is 1. The van der Waals surface area contributed by atoms with E-state index in [-0.39, 0.29) is 24.4 Å². The zero-order chi connectivity index (χ0) is 24.7. The van der Waals surface area contributed by atoms with Gasteiger partial charge < -0.3 is 14.7 Å². The first-order chi connectivity index (χ1) is 16.1. The van der Waals surface area contributed by atoms with Gasteiger partial charge in [-0.05, 0) is 25.0 Å². The molecule has 1 unspecified atom stereocenters. The molecule has 0 bridgehead atoms. The second-order valence-corrected chi connectivity index (χ2v) is 8.09. The van der Waals surface area contributed by atoms with Crippen LogP contribution >= 0.6 is 0 Å². The molecular weight excluding hydrogens is 460 g/mol. The highest BCUT2D eigenvalue weighted by atomic mass is 19.4. The van der Waals surface area contributed by atoms with Crippen LogP contribution in [0.1, 0.15) is 30.1 Å². The fourth-order valence-corrected chi connectivity index (χ4v) is 3.92. The molecule has 0 saturated carbocycles. The number of alkyl halides is 3. The average Bonchev–Trinajstić information content (AvgIpc) is 3.47. The van der Waals surface area contributed by atoms with Crippen molar-refractivity contribution in [3.05, 3.63) is 53.6 Å². The summed E-state index contributed by atoms with van der Waals surface area (Å²) in [5.74, 6) is -2.87. The van der Waals surface area contributed by atoms with E-state index in [0.717, 1.165) is 38.2 Å². The van der Waals surface area contributed by atoms with Crippen molar-refractivity contribution in [3.63, 3.8) is 0 Å². The molecule has 1 atom stereocenters. The van der Waals surface area contributed by atoms with Crippen molar-refractivity contribution in [2.24, 2.45) is 0 Å². The Kier molecular flexibility index (Phi) is 8.61. The molecule has 0 spiro atoms. The number of benzene rings is 1. The zero-order valence-electron chi connectivity index (χ0n) is 18.4. The highest BCUT2D eigenvalue weighted by Gasteiger charge is 2.38. The van der Waals surface area contributed by atoms with Crippen LogP contribution in [0.2, 0.25) is 0 Å². The lowest BCUT2D eigenvalue weighted by Gasteiger charge is -2.34. The van der Waals surface area contributed by atoms with Crippen molar-refractivity contribution < 1.29 is 37.0 Å². The molecule has 0 aliphatic carbocycles. The van der Waals surface area contributed by atoms with Gasteiger partial charge in [0.05, 0.1) is 18.3 Å². The number of hydrogen-bond donors (Lipinski definition) is 1. The van der Waals surface area contributed by atoms with E-state index in [9.17, 15) is 22.4 Å². The van der Waals surface area contributed by atoms with Gasteiger partial charge in [-0.3, -0.25) is 14.4 Å². The average molecular weight is 486 g/mol. The van der Waals surface area contributed by atoms with E-state index in [1.165, 1.54) is 6.07 Å². The number of aromatic nitrogens is 2. The number of ether oxygens (including phenoxy) is 1. The van der Waals surface area contributed by atoms with Gasteiger partial charge in [0, 0.05) is 44.5 Å². The smallest absolute Gasteiger partial charge is 0.475 e. The maximum Gasteiger partial charge on any atom is 0.490 e. The van der Waals surface area contributed by atoms with Crippen LogP contribution in [0.5, 0.6) is 0 Å². The lowest BCUT2D eigenvalue weighted by Crippen LogP contribution is -2.40. The van der Waals surface area contributed by atoms with Gasteiger partial charge >= 0.3 is 12.1 Å².